The van der Waals surface area contributed by atoms with Crippen LogP contribution in [0.3, 0.4) is 0 Å². The number of halogens is 7. The van der Waals surface area contributed by atoms with Gasteiger partial charge in [-0.3, -0.25) is 9.36 Å². The number of carbonyl (C=O) groups is 1. The molecule has 0 atom stereocenters. The molecule has 0 aliphatic heterocycles. The fourth-order valence-electron chi connectivity index (χ4n) is 2.73. The van der Waals surface area contributed by atoms with Gasteiger partial charge in [0.15, 0.2) is 0 Å². The lowest BCUT2D eigenvalue weighted by atomic mass is 10.1. The first-order valence-corrected chi connectivity index (χ1v) is 8.05. The highest BCUT2D eigenvalue weighted by molar-refractivity contribution is 5.94. The summed E-state index contributed by atoms with van der Waals surface area (Å²) in [5.74, 6) is -2.37. The average molecular weight is 430 g/mol. The van der Waals surface area contributed by atoms with Gasteiger partial charge in [-0.2, -0.15) is 31.6 Å². The summed E-state index contributed by atoms with van der Waals surface area (Å²) >= 11 is 0. The van der Waals surface area contributed by atoms with Crippen LogP contribution in [0, 0.1) is 17.1 Å². The summed E-state index contributed by atoms with van der Waals surface area (Å²) < 4.78 is 92.6. The molecule has 30 heavy (non-hydrogen) atoms. The summed E-state index contributed by atoms with van der Waals surface area (Å²) in [6.45, 7) is -0.776. The standard InChI is InChI=1S/C18H9F7N4O/c19-10-1-2-13-9(5-10)3-4-29(13)15(30)8-27-16-11(7-26)12(17(20,21)22)6-14(28-16)18(23,24)25/h1-6H,8H2,(H,27,28). The second kappa shape index (κ2) is 7.33. The third kappa shape index (κ3) is 4.05. The molecule has 0 fully saturated rings. The molecule has 0 aliphatic carbocycles. The first kappa shape index (κ1) is 21.1. The smallest absolute Gasteiger partial charge is 0.360 e. The molecule has 0 amide bonds. The predicted octanol–water partition coefficient (Wildman–Crippen LogP) is 4.84. The molecule has 0 spiro atoms. The first-order chi connectivity index (χ1) is 13.9. The summed E-state index contributed by atoms with van der Waals surface area (Å²) in [5, 5.41) is 11.5. The minimum absolute atomic E-state index is 0.264. The van der Waals surface area contributed by atoms with E-state index in [1.54, 1.807) is 0 Å². The first-order valence-electron chi connectivity index (χ1n) is 8.05. The molecular weight excluding hydrogens is 421 g/mol. The summed E-state index contributed by atoms with van der Waals surface area (Å²) in [4.78, 5) is 15.4. The maximum Gasteiger partial charge on any atom is 0.433 e. The van der Waals surface area contributed by atoms with Gasteiger partial charge in [-0.25, -0.2) is 9.37 Å². The fourth-order valence-corrected chi connectivity index (χ4v) is 2.73. The Morgan fingerprint density at radius 1 is 1.10 bits per heavy atom. The SMILES string of the molecule is N#Cc1c(C(F)(F)F)cc(C(F)(F)F)nc1NCC(=O)n1ccc2cc(F)ccc21. The number of hydrogen-bond acceptors (Lipinski definition) is 4. The van der Waals surface area contributed by atoms with Crippen LogP contribution in [0.1, 0.15) is 21.6 Å². The number of nitrogens with one attached hydrogen (secondary N) is 1. The number of aromatic nitrogens is 2. The van der Waals surface area contributed by atoms with Crippen molar-refractivity contribution in [3.8, 4) is 6.07 Å². The zero-order valence-corrected chi connectivity index (χ0v) is 14.6. The quantitative estimate of drug-likeness (QED) is 0.604. The maximum atomic E-state index is 13.2. The zero-order chi connectivity index (χ0) is 22.3. The molecule has 0 saturated heterocycles. The molecule has 5 nitrogen and oxygen atoms in total. The van der Waals surface area contributed by atoms with E-state index < -0.39 is 53.3 Å². The van der Waals surface area contributed by atoms with Gasteiger partial charge in [0.2, 0.25) is 5.91 Å². The van der Waals surface area contributed by atoms with Crippen molar-refractivity contribution < 1.29 is 35.5 Å². The topological polar surface area (TPSA) is 70.7 Å². The fraction of sp³-hybridized carbons (Fsp3) is 0.167. The van der Waals surface area contributed by atoms with E-state index in [2.05, 4.69) is 10.3 Å². The van der Waals surface area contributed by atoms with Crippen LogP contribution in [0.5, 0.6) is 0 Å². The zero-order valence-electron chi connectivity index (χ0n) is 14.6. The van der Waals surface area contributed by atoms with Crippen molar-refractivity contribution in [1.29, 1.82) is 5.26 Å². The third-order valence-electron chi connectivity index (χ3n) is 4.06. The lowest BCUT2D eigenvalue weighted by Crippen LogP contribution is -2.23. The lowest BCUT2D eigenvalue weighted by molar-refractivity contribution is -0.145. The van der Waals surface area contributed by atoms with Crippen molar-refractivity contribution in [3.05, 3.63) is 59.2 Å². The Bertz CT molecular complexity index is 1170. The number of nitriles is 1. The van der Waals surface area contributed by atoms with Crippen LogP contribution in [0.4, 0.5) is 36.6 Å². The summed E-state index contributed by atoms with van der Waals surface area (Å²) in [6, 6.07) is 5.82. The summed E-state index contributed by atoms with van der Waals surface area (Å²) in [7, 11) is 0. The molecule has 1 N–H and O–H groups in total. The molecule has 2 aromatic heterocycles. The van der Waals surface area contributed by atoms with Crippen LogP contribution in [-0.2, 0) is 12.4 Å². The van der Waals surface area contributed by atoms with Crippen molar-refractivity contribution in [2.75, 3.05) is 11.9 Å². The Morgan fingerprint density at radius 2 is 1.80 bits per heavy atom. The number of pyridine rings is 1. The lowest BCUT2D eigenvalue weighted by Gasteiger charge is -2.16. The predicted molar refractivity (Wildman–Crippen MR) is 90.0 cm³/mol. The largest absolute Gasteiger partial charge is 0.433 e. The normalized spacial score (nSPS) is 12.1. The number of carbonyl (C=O) groups excluding carboxylic acids is 1. The Labute approximate surface area is 163 Å². The van der Waals surface area contributed by atoms with E-state index in [1.165, 1.54) is 24.4 Å². The Kier molecular flexibility index (Phi) is 5.15. The van der Waals surface area contributed by atoms with Gasteiger partial charge in [-0.05, 0) is 30.3 Å². The number of rotatable bonds is 3. The van der Waals surface area contributed by atoms with E-state index in [4.69, 9.17) is 5.26 Å². The molecule has 0 radical (unpaired) electrons. The van der Waals surface area contributed by atoms with E-state index in [1.807, 2.05) is 0 Å². The van der Waals surface area contributed by atoms with Crippen molar-refractivity contribution in [3.63, 3.8) is 0 Å². The molecule has 0 unspecified atom stereocenters. The highest BCUT2D eigenvalue weighted by Gasteiger charge is 2.41. The van der Waals surface area contributed by atoms with Gasteiger partial charge >= 0.3 is 12.4 Å². The van der Waals surface area contributed by atoms with E-state index in [-0.39, 0.29) is 11.6 Å². The van der Waals surface area contributed by atoms with Crippen molar-refractivity contribution in [2.24, 2.45) is 0 Å². The third-order valence-corrected chi connectivity index (χ3v) is 4.06. The number of nitrogens with zero attached hydrogens (tertiary/aromatic N) is 3. The van der Waals surface area contributed by atoms with Gasteiger partial charge < -0.3 is 5.32 Å². The van der Waals surface area contributed by atoms with Gasteiger partial charge in [-0.1, -0.05) is 0 Å². The number of anilines is 1. The highest BCUT2D eigenvalue weighted by Crippen LogP contribution is 2.38. The minimum Gasteiger partial charge on any atom is -0.360 e. The molecule has 1 aromatic carbocycles. The van der Waals surface area contributed by atoms with Crippen LogP contribution in [0.25, 0.3) is 10.9 Å². The van der Waals surface area contributed by atoms with Gasteiger partial charge in [0, 0.05) is 11.6 Å². The Hall–Kier alpha value is -3.62. The number of hydrogen-bond donors (Lipinski definition) is 1. The molecule has 0 aliphatic rings. The number of benzene rings is 1. The van der Waals surface area contributed by atoms with Crippen LogP contribution >= 0.6 is 0 Å². The monoisotopic (exact) mass is 430 g/mol. The van der Waals surface area contributed by atoms with Gasteiger partial charge in [0.1, 0.15) is 29.0 Å². The molecule has 3 aromatic rings. The van der Waals surface area contributed by atoms with Crippen LogP contribution in [-0.4, -0.2) is 22.0 Å². The molecule has 0 bridgehead atoms. The highest BCUT2D eigenvalue weighted by atomic mass is 19.4. The van der Waals surface area contributed by atoms with Crippen LogP contribution in [0.15, 0.2) is 36.5 Å². The average Bonchev–Trinajstić information content (AvgIpc) is 3.06. The molecule has 12 heteroatoms. The Balaban J connectivity index is 1.97. The number of alkyl halides is 6. The molecule has 0 saturated carbocycles. The van der Waals surface area contributed by atoms with E-state index >= 15 is 0 Å². The Morgan fingerprint density at radius 3 is 2.40 bits per heavy atom. The van der Waals surface area contributed by atoms with Gasteiger partial charge in [0.05, 0.1) is 17.6 Å². The van der Waals surface area contributed by atoms with Gasteiger partial charge in [-0.15, -0.1) is 0 Å². The second-order valence-corrected chi connectivity index (χ2v) is 6.02. The van der Waals surface area contributed by atoms with Crippen molar-refractivity contribution in [2.45, 2.75) is 12.4 Å². The summed E-state index contributed by atoms with van der Waals surface area (Å²) in [6.07, 6.45) is -9.20. The van der Waals surface area contributed by atoms with E-state index in [9.17, 15) is 35.5 Å². The van der Waals surface area contributed by atoms with E-state index in [0.717, 1.165) is 16.7 Å². The van der Waals surface area contributed by atoms with E-state index in [0.29, 0.717) is 5.39 Å². The van der Waals surface area contributed by atoms with Crippen molar-refractivity contribution in [1.82, 2.24) is 9.55 Å². The number of fused-ring (bicyclic) bond motifs is 1. The second-order valence-electron chi connectivity index (χ2n) is 6.02. The van der Waals surface area contributed by atoms with Crippen molar-refractivity contribution >= 4 is 22.6 Å². The van der Waals surface area contributed by atoms with Crippen LogP contribution in [0.2, 0.25) is 0 Å². The van der Waals surface area contributed by atoms with Gasteiger partial charge in [0.25, 0.3) is 0 Å². The molecular formula is C18H9F7N4O. The van der Waals surface area contributed by atoms with Crippen LogP contribution < -0.4 is 5.32 Å². The minimum atomic E-state index is -5.25. The molecule has 3 rings (SSSR count). The molecule has 156 valence electrons. The summed E-state index contributed by atoms with van der Waals surface area (Å²) in [5.41, 5.74) is -4.60. The maximum absolute atomic E-state index is 13.2. The molecule has 2 heterocycles.